The van der Waals surface area contributed by atoms with Crippen molar-refractivity contribution in [3.05, 3.63) is 59.2 Å². The molecule has 0 unspecified atom stereocenters. The highest BCUT2D eigenvalue weighted by molar-refractivity contribution is 5.93. The Bertz CT molecular complexity index is 712. The zero-order valence-electron chi connectivity index (χ0n) is 13.6. The Labute approximate surface area is 137 Å². The third-order valence-corrected chi connectivity index (χ3v) is 4.30. The lowest BCUT2D eigenvalue weighted by molar-refractivity contribution is 0.228. The van der Waals surface area contributed by atoms with Gasteiger partial charge in [0.1, 0.15) is 5.75 Å². The summed E-state index contributed by atoms with van der Waals surface area (Å²) >= 11 is 0. The summed E-state index contributed by atoms with van der Waals surface area (Å²) in [5.41, 5.74) is 4.64. The van der Waals surface area contributed by atoms with E-state index in [-0.39, 0.29) is 12.8 Å². The van der Waals surface area contributed by atoms with Crippen LogP contribution >= 0.6 is 0 Å². The second kappa shape index (κ2) is 6.73. The summed E-state index contributed by atoms with van der Waals surface area (Å²) in [4.78, 5) is 14.2. The number of amides is 2. The fourth-order valence-corrected chi connectivity index (χ4v) is 2.82. The first kappa shape index (κ1) is 15.4. The fraction of sp³-hybridized carbons (Fsp3) is 0.316. The highest BCUT2D eigenvalue weighted by atomic mass is 16.5. The minimum Gasteiger partial charge on any atom is -0.473 e. The number of carbonyl (C=O) groups excluding carboxylic acids is 1. The summed E-state index contributed by atoms with van der Waals surface area (Å²) in [6.45, 7) is 5.02. The summed E-state index contributed by atoms with van der Waals surface area (Å²) in [6.07, 6.45) is 2.02. The van der Waals surface area contributed by atoms with Gasteiger partial charge in [-0.05, 0) is 61.6 Å². The molecule has 2 aromatic carbocycles. The molecule has 0 spiro atoms. The van der Waals surface area contributed by atoms with Gasteiger partial charge in [0.05, 0.1) is 0 Å². The average Bonchev–Trinajstić information content (AvgIpc) is 2.57. The van der Waals surface area contributed by atoms with Crippen LogP contribution in [0.2, 0.25) is 0 Å². The van der Waals surface area contributed by atoms with Crippen molar-refractivity contribution < 1.29 is 9.53 Å². The van der Waals surface area contributed by atoms with Crippen LogP contribution in [-0.4, -0.2) is 19.3 Å². The number of urea groups is 1. The zero-order chi connectivity index (χ0) is 16.2. The zero-order valence-corrected chi connectivity index (χ0v) is 13.6. The van der Waals surface area contributed by atoms with Crippen LogP contribution in [0.4, 0.5) is 10.5 Å². The van der Waals surface area contributed by atoms with Crippen molar-refractivity contribution in [2.75, 3.05) is 18.2 Å². The Morgan fingerprint density at radius 1 is 1.17 bits per heavy atom. The second-order valence-corrected chi connectivity index (χ2v) is 5.90. The monoisotopic (exact) mass is 310 g/mol. The first-order chi connectivity index (χ1) is 11.1. The number of nitrogens with one attached hydrogen (secondary N) is 1. The molecule has 0 saturated heterocycles. The minimum absolute atomic E-state index is 0.110. The maximum absolute atomic E-state index is 12.4. The maximum Gasteiger partial charge on any atom is 0.324 e. The molecule has 1 aliphatic rings. The summed E-state index contributed by atoms with van der Waals surface area (Å²) in [5, 5.41) is 2.84. The van der Waals surface area contributed by atoms with Crippen LogP contribution in [0, 0.1) is 13.8 Å². The first-order valence-corrected chi connectivity index (χ1v) is 7.98. The lowest BCUT2D eigenvalue weighted by Crippen LogP contribution is -2.44. The molecule has 4 heteroatoms. The van der Waals surface area contributed by atoms with Crippen LogP contribution in [0.25, 0.3) is 0 Å². The van der Waals surface area contributed by atoms with Crippen LogP contribution in [0.1, 0.15) is 23.1 Å². The summed E-state index contributed by atoms with van der Waals surface area (Å²) in [7, 11) is 0. The molecule has 1 heterocycles. The molecule has 120 valence electrons. The van der Waals surface area contributed by atoms with Crippen molar-refractivity contribution >= 4 is 11.7 Å². The highest BCUT2D eigenvalue weighted by Gasteiger charge is 2.21. The van der Waals surface area contributed by atoms with E-state index in [4.69, 9.17) is 4.74 Å². The van der Waals surface area contributed by atoms with Crippen molar-refractivity contribution in [2.45, 2.75) is 26.7 Å². The van der Waals surface area contributed by atoms with Gasteiger partial charge in [0, 0.05) is 12.2 Å². The van der Waals surface area contributed by atoms with Crippen LogP contribution in [0.5, 0.6) is 5.75 Å². The van der Waals surface area contributed by atoms with E-state index in [0.29, 0.717) is 0 Å². The standard InChI is InChI=1S/C19H22N2O2/c1-14-9-10-17(12-15(14)2)23-13-20-19(22)21-11-5-7-16-6-3-4-8-18(16)21/h3-4,6,8-10,12H,5,7,11,13H2,1-2H3,(H,20,22). The van der Waals surface area contributed by atoms with Gasteiger partial charge in [0.15, 0.2) is 6.73 Å². The highest BCUT2D eigenvalue weighted by Crippen LogP contribution is 2.26. The molecule has 1 aliphatic heterocycles. The number of aryl methyl sites for hydroxylation is 3. The van der Waals surface area contributed by atoms with E-state index < -0.39 is 0 Å². The van der Waals surface area contributed by atoms with Crippen LogP contribution < -0.4 is 15.0 Å². The van der Waals surface area contributed by atoms with E-state index in [0.717, 1.165) is 30.8 Å². The molecule has 23 heavy (non-hydrogen) atoms. The number of hydrogen-bond acceptors (Lipinski definition) is 2. The van der Waals surface area contributed by atoms with Gasteiger partial charge in [0.25, 0.3) is 0 Å². The number of carbonyl (C=O) groups is 1. The molecule has 4 nitrogen and oxygen atoms in total. The quantitative estimate of drug-likeness (QED) is 0.876. The Kier molecular flexibility index (Phi) is 4.51. The molecule has 0 bridgehead atoms. The molecule has 0 atom stereocenters. The van der Waals surface area contributed by atoms with E-state index in [1.807, 2.05) is 43.3 Å². The topological polar surface area (TPSA) is 41.6 Å². The number of nitrogens with zero attached hydrogens (tertiary/aromatic N) is 1. The molecule has 3 rings (SSSR count). The molecule has 2 amide bonds. The Hall–Kier alpha value is -2.49. The molecule has 2 aromatic rings. The fourth-order valence-electron chi connectivity index (χ4n) is 2.82. The van der Waals surface area contributed by atoms with Gasteiger partial charge in [-0.2, -0.15) is 0 Å². The lowest BCUT2D eigenvalue weighted by atomic mass is 10.0. The Morgan fingerprint density at radius 2 is 2.00 bits per heavy atom. The lowest BCUT2D eigenvalue weighted by Gasteiger charge is -2.29. The van der Waals surface area contributed by atoms with Gasteiger partial charge in [-0.15, -0.1) is 0 Å². The number of rotatable bonds is 3. The summed E-state index contributed by atoms with van der Waals surface area (Å²) in [6, 6.07) is 13.9. The van der Waals surface area contributed by atoms with Crippen LogP contribution in [0.15, 0.2) is 42.5 Å². The molecular weight excluding hydrogens is 288 g/mol. The summed E-state index contributed by atoms with van der Waals surface area (Å²) in [5.74, 6) is 0.771. The molecule has 0 aliphatic carbocycles. The molecule has 0 radical (unpaired) electrons. The van der Waals surface area contributed by atoms with Crippen LogP contribution in [-0.2, 0) is 6.42 Å². The van der Waals surface area contributed by atoms with E-state index >= 15 is 0 Å². The van der Waals surface area contributed by atoms with Gasteiger partial charge >= 0.3 is 6.03 Å². The van der Waals surface area contributed by atoms with Gasteiger partial charge in [0.2, 0.25) is 0 Å². The third kappa shape index (κ3) is 3.47. The SMILES string of the molecule is Cc1ccc(OCNC(=O)N2CCCc3ccccc32)cc1C. The Morgan fingerprint density at radius 3 is 2.83 bits per heavy atom. The van der Waals surface area contributed by atoms with Crippen molar-refractivity contribution in [3.63, 3.8) is 0 Å². The van der Waals surface area contributed by atoms with Crippen molar-refractivity contribution in [3.8, 4) is 5.75 Å². The Balaban J connectivity index is 1.59. The maximum atomic E-state index is 12.4. The van der Waals surface area contributed by atoms with Gasteiger partial charge < -0.3 is 10.1 Å². The van der Waals surface area contributed by atoms with Gasteiger partial charge in [-0.25, -0.2) is 4.79 Å². The van der Waals surface area contributed by atoms with Crippen molar-refractivity contribution in [1.29, 1.82) is 0 Å². The van der Waals surface area contributed by atoms with E-state index in [1.54, 1.807) is 4.90 Å². The third-order valence-electron chi connectivity index (χ3n) is 4.30. The number of benzene rings is 2. The molecule has 0 aromatic heterocycles. The van der Waals surface area contributed by atoms with Crippen molar-refractivity contribution in [1.82, 2.24) is 5.32 Å². The predicted octanol–water partition coefficient (Wildman–Crippen LogP) is 3.80. The molecule has 1 N–H and O–H groups in total. The van der Waals surface area contributed by atoms with Crippen LogP contribution in [0.3, 0.4) is 0 Å². The molecule has 0 saturated carbocycles. The first-order valence-electron chi connectivity index (χ1n) is 7.98. The number of anilines is 1. The van der Waals surface area contributed by atoms with E-state index in [2.05, 4.69) is 18.3 Å². The minimum atomic E-state index is -0.110. The second-order valence-electron chi connectivity index (χ2n) is 5.90. The summed E-state index contributed by atoms with van der Waals surface area (Å²) < 4.78 is 5.63. The average molecular weight is 310 g/mol. The number of hydrogen-bond donors (Lipinski definition) is 1. The normalized spacial score (nSPS) is 13.4. The van der Waals surface area contributed by atoms with Gasteiger partial charge in [-0.3, -0.25) is 4.90 Å². The number of para-hydroxylation sites is 1. The van der Waals surface area contributed by atoms with E-state index in [1.165, 1.54) is 16.7 Å². The largest absolute Gasteiger partial charge is 0.473 e. The van der Waals surface area contributed by atoms with E-state index in [9.17, 15) is 4.79 Å². The predicted molar refractivity (Wildman–Crippen MR) is 92.1 cm³/mol. The molecule has 0 fully saturated rings. The molecular formula is C19H22N2O2. The van der Waals surface area contributed by atoms with Crippen molar-refractivity contribution in [2.24, 2.45) is 0 Å². The number of fused-ring (bicyclic) bond motifs is 1. The smallest absolute Gasteiger partial charge is 0.324 e. The number of ether oxygens (including phenoxy) is 1. The van der Waals surface area contributed by atoms with Gasteiger partial charge in [-0.1, -0.05) is 24.3 Å².